The number of hydrogen-bond donors (Lipinski definition) is 5. The van der Waals surface area contributed by atoms with Crippen molar-refractivity contribution in [1.29, 1.82) is 0 Å². The highest BCUT2D eigenvalue weighted by Gasteiger charge is 2.21. The molecule has 0 saturated carbocycles. The number of aliphatic carboxylic acids is 1. The number of rotatable bonds is 11. The first kappa shape index (κ1) is 29.3. The summed E-state index contributed by atoms with van der Waals surface area (Å²) in [5.41, 5.74) is 4.39. The minimum Gasteiger partial charge on any atom is -0.481 e. The van der Waals surface area contributed by atoms with Crippen molar-refractivity contribution in [3.05, 3.63) is 65.2 Å². The van der Waals surface area contributed by atoms with E-state index in [1.165, 1.54) is 12.7 Å². The van der Waals surface area contributed by atoms with Gasteiger partial charge in [0.25, 0.3) is 5.97 Å². The largest absolute Gasteiger partial charge is 0.481 e. The quantitative estimate of drug-likeness (QED) is 0.308. The first-order valence-corrected chi connectivity index (χ1v) is 12.2. The van der Waals surface area contributed by atoms with Crippen molar-refractivity contribution in [2.45, 2.75) is 45.2 Å². The van der Waals surface area contributed by atoms with Crippen molar-refractivity contribution in [3.63, 3.8) is 0 Å². The second-order valence-corrected chi connectivity index (χ2v) is 8.56. The van der Waals surface area contributed by atoms with Crippen LogP contribution in [-0.4, -0.2) is 61.6 Å². The van der Waals surface area contributed by atoms with Crippen LogP contribution in [0.4, 0.5) is 5.69 Å². The van der Waals surface area contributed by atoms with Gasteiger partial charge in [-0.25, -0.2) is 0 Å². The minimum absolute atomic E-state index is 0.0324. The smallest absolute Gasteiger partial charge is 0.300 e. The average Bonchev–Trinajstić information content (AvgIpc) is 2.89. The molecule has 10 heteroatoms. The standard InChI is InChI=1S/C25H32N4O4.C2H4O2/c1-33-17-21(25(32)28-15-20-10-5-9-19-11-6-14-26-24(19)20)29-23(31)16-27-22(30)13-12-18-7-3-2-4-8-18;1-2(3)4/h2-5,7-10,21,26H,6,11-17H2,1H3,(H,27,30)(H,28,32)(H,29,31);1H3,(H,3,4). The van der Waals surface area contributed by atoms with E-state index in [0.717, 1.165) is 43.1 Å². The summed E-state index contributed by atoms with van der Waals surface area (Å²) in [7, 11) is 1.47. The number of fused-ring (bicyclic) bond motifs is 1. The SMILES string of the molecule is CC(=O)O.COCC(NC(=O)CNC(=O)CCc1ccccc1)C(=O)NCc1cccc2c1NCCC2. The third kappa shape index (κ3) is 11.1. The van der Waals surface area contributed by atoms with Crippen molar-refractivity contribution >= 4 is 29.4 Å². The molecule has 1 atom stereocenters. The van der Waals surface area contributed by atoms with Crippen molar-refractivity contribution in [2.75, 3.05) is 32.1 Å². The van der Waals surface area contributed by atoms with Gasteiger partial charge in [0.05, 0.1) is 13.2 Å². The molecule has 37 heavy (non-hydrogen) atoms. The highest BCUT2D eigenvalue weighted by molar-refractivity contribution is 5.90. The Labute approximate surface area is 217 Å². The van der Waals surface area contributed by atoms with Crippen LogP contribution in [0, 0.1) is 0 Å². The fourth-order valence-corrected chi connectivity index (χ4v) is 3.80. The molecule has 0 saturated heterocycles. The molecule has 1 aliphatic heterocycles. The van der Waals surface area contributed by atoms with E-state index in [1.807, 2.05) is 42.5 Å². The number of nitrogens with one attached hydrogen (secondary N) is 4. The highest BCUT2D eigenvalue weighted by atomic mass is 16.5. The van der Waals surface area contributed by atoms with E-state index in [-0.39, 0.29) is 31.4 Å². The summed E-state index contributed by atoms with van der Waals surface area (Å²) in [4.78, 5) is 46.0. The van der Waals surface area contributed by atoms with Gasteiger partial charge in [0, 0.05) is 39.2 Å². The topological polar surface area (TPSA) is 146 Å². The Morgan fingerprint density at radius 3 is 2.46 bits per heavy atom. The Balaban J connectivity index is 0.00000112. The first-order valence-electron chi connectivity index (χ1n) is 12.2. The lowest BCUT2D eigenvalue weighted by Crippen LogP contribution is -2.51. The third-order valence-corrected chi connectivity index (χ3v) is 5.53. The molecule has 0 aromatic heterocycles. The lowest BCUT2D eigenvalue weighted by atomic mass is 9.99. The van der Waals surface area contributed by atoms with E-state index in [2.05, 4.69) is 27.3 Å². The Morgan fingerprint density at radius 2 is 1.76 bits per heavy atom. The van der Waals surface area contributed by atoms with Crippen LogP contribution in [0.2, 0.25) is 0 Å². The number of amides is 3. The number of anilines is 1. The lowest BCUT2D eigenvalue weighted by molar-refractivity contribution is -0.134. The van der Waals surface area contributed by atoms with Crippen molar-refractivity contribution in [1.82, 2.24) is 16.0 Å². The van der Waals surface area contributed by atoms with E-state index in [4.69, 9.17) is 14.6 Å². The molecule has 200 valence electrons. The molecule has 2 aromatic carbocycles. The van der Waals surface area contributed by atoms with Gasteiger partial charge in [-0.3, -0.25) is 19.2 Å². The summed E-state index contributed by atoms with van der Waals surface area (Å²) in [5, 5.41) is 18.9. The third-order valence-electron chi connectivity index (χ3n) is 5.53. The number of carboxylic acid groups (broad SMARTS) is 1. The number of ether oxygens (including phenoxy) is 1. The second kappa shape index (κ2) is 15.9. The van der Waals surface area contributed by atoms with Crippen LogP contribution in [0.1, 0.15) is 36.5 Å². The summed E-state index contributed by atoms with van der Waals surface area (Å²) in [6.45, 7) is 2.18. The molecule has 0 bridgehead atoms. The van der Waals surface area contributed by atoms with E-state index < -0.39 is 17.9 Å². The van der Waals surface area contributed by atoms with Crippen LogP contribution in [0.3, 0.4) is 0 Å². The Bertz CT molecular complexity index is 1040. The van der Waals surface area contributed by atoms with Crippen molar-refractivity contribution in [2.24, 2.45) is 0 Å². The van der Waals surface area contributed by atoms with Crippen LogP contribution >= 0.6 is 0 Å². The second-order valence-electron chi connectivity index (χ2n) is 8.56. The zero-order valence-electron chi connectivity index (χ0n) is 21.3. The normalized spacial score (nSPS) is 12.5. The maximum Gasteiger partial charge on any atom is 0.300 e. The maximum absolute atomic E-state index is 12.7. The molecular formula is C27H36N4O6. The van der Waals surface area contributed by atoms with Gasteiger partial charge in [0.2, 0.25) is 17.7 Å². The lowest BCUT2D eigenvalue weighted by Gasteiger charge is -2.22. The summed E-state index contributed by atoms with van der Waals surface area (Å²) >= 11 is 0. The number of methoxy groups -OCH3 is 1. The van der Waals surface area contributed by atoms with E-state index in [9.17, 15) is 14.4 Å². The molecule has 2 aromatic rings. The Kier molecular flexibility index (Phi) is 12.6. The van der Waals surface area contributed by atoms with Gasteiger partial charge in [0.1, 0.15) is 6.04 Å². The molecule has 3 rings (SSSR count). The van der Waals surface area contributed by atoms with Gasteiger partial charge >= 0.3 is 0 Å². The monoisotopic (exact) mass is 512 g/mol. The minimum atomic E-state index is -0.851. The molecular weight excluding hydrogens is 476 g/mol. The van der Waals surface area contributed by atoms with E-state index in [1.54, 1.807) is 0 Å². The number of benzene rings is 2. The number of carbonyl (C=O) groups excluding carboxylic acids is 3. The molecule has 0 fully saturated rings. The molecule has 1 heterocycles. The van der Waals surface area contributed by atoms with Gasteiger partial charge in [-0.05, 0) is 36.0 Å². The molecule has 1 aliphatic rings. The van der Waals surface area contributed by atoms with Gasteiger partial charge in [-0.15, -0.1) is 0 Å². The van der Waals surface area contributed by atoms with Gasteiger partial charge in [-0.2, -0.15) is 0 Å². The average molecular weight is 513 g/mol. The number of para-hydroxylation sites is 1. The summed E-state index contributed by atoms with van der Waals surface area (Å²) in [6, 6.07) is 14.9. The van der Waals surface area contributed by atoms with E-state index >= 15 is 0 Å². The Morgan fingerprint density at radius 1 is 1.03 bits per heavy atom. The van der Waals surface area contributed by atoms with E-state index in [0.29, 0.717) is 13.0 Å². The molecule has 5 N–H and O–H groups in total. The molecule has 1 unspecified atom stereocenters. The molecule has 0 aliphatic carbocycles. The first-order chi connectivity index (χ1) is 17.8. The zero-order valence-corrected chi connectivity index (χ0v) is 21.3. The summed E-state index contributed by atoms with van der Waals surface area (Å²) < 4.78 is 5.11. The number of carbonyl (C=O) groups is 4. The maximum atomic E-state index is 12.7. The van der Waals surface area contributed by atoms with Gasteiger partial charge in [0.15, 0.2) is 0 Å². The fraction of sp³-hybridized carbons (Fsp3) is 0.407. The predicted octanol–water partition coefficient (Wildman–Crippen LogP) is 1.63. The van der Waals surface area contributed by atoms with Crippen molar-refractivity contribution in [3.8, 4) is 0 Å². The molecule has 10 nitrogen and oxygen atoms in total. The number of aryl methyl sites for hydroxylation is 2. The fourth-order valence-electron chi connectivity index (χ4n) is 3.80. The van der Waals surface area contributed by atoms with Gasteiger partial charge in [-0.1, -0.05) is 48.5 Å². The molecule has 0 radical (unpaired) electrons. The van der Waals surface area contributed by atoms with Crippen LogP contribution in [0.25, 0.3) is 0 Å². The molecule has 0 spiro atoms. The zero-order chi connectivity index (χ0) is 27.0. The van der Waals surface area contributed by atoms with Gasteiger partial charge < -0.3 is 31.1 Å². The summed E-state index contributed by atoms with van der Waals surface area (Å²) in [5.74, 6) is -1.84. The number of hydrogen-bond acceptors (Lipinski definition) is 6. The number of carboxylic acids is 1. The predicted molar refractivity (Wildman–Crippen MR) is 140 cm³/mol. The van der Waals surface area contributed by atoms with Crippen LogP contribution in [0.5, 0.6) is 0 Å². The molecule has 3 amide bonds. The van der Waals surface area contributed by atoms with Crippen LogP contribution < -0.4 is 21.3 Å². The Hall–Kier alpha value is -3.92. The van der Waals surface area contributed by atoms with Crippen LogP contribution in [0.15, 0.2) is 48.5 Å². The summed E-state index contributed by atoms with van der Waals surface area (Å²) in [6.07, 6.45) is 2.99. The highest BCUT2D eigenvalue weighted by Crippen LogP contribution is 2.25. The van der Waals surface area contributed by atoms with Crippen LogP contribution in [-0.2, 0) is 43.3 Å². The van der Waals surface area contributed by atoms with Crippen molar-refractivity contribution < 1.29 is 29.0 Å².